The van der Waals surface area contributed by atoms with Crippen LogP contribution in [0.15, 0.2) is 0 Å². The first-order chi connectivity index (χ1) is 5.20. The van der Waals surface area contributed by atoms with Gasteiger partial charge in [-0.3, -0.25) is 4.90 Å². The van der Waals surface area contributed by atoms with E-state index in [9.17, 15) is 0 Å². The molecule has 1 heterocycles. The summed E-state index contributed by atoms with van der Waals surface area (Å²) in [6.07, 6.45) is 1.28. The lowest BCUT2D eigenvalue weighted by molar-refractivity contribution is 0.298. The lowest BCUT2D eigenvalue weighted by Crippen LogP contribution is -2.37. The average Bonchev–Trinajstić information content (AvgIpc) is 2.35. The molecule has 64 valence electrons. The summed E-state index contributed by atoms with van der Waals surface area (Å²) in [5.74, 6) is 2.52. The van der Waals surface area contributed by atoms with Crippen LogP contribution < -0.4 is 5.73 Å². The van der Waals surface area contributed by atoms with E-state index in [1.165, 1.54) is 17.9 Å². The molecule has 1 saturated heterocycles. The molecule has 1 fully saturated rings. The van der Waals surface area contributed by atoms with Crippen molar-refractivity contribution in [2.75, 3.05) is 25.1 Å². The number of thioether (sulfide) groups is 1. The molecule has 11 heavy (non-hydrogen) atoms. The Balaban J connectivity index is 2.28. The number of likely N-dealkylation sites (N-methyl/N-ethyl adjacent to an activating group) is 1. The summed E-state index contributed by atoms with van der Waals surface area (Å²) in [7, 11) is 2.09. The van der Waals surface area contributed by atoms with E-state index in [4.69, 9.17) is 18.0 Å². The van der Waals surface area contributed by atoms with Crippen LogP contribution >= 0.6 is 24.0 Å². The highest BCUT2D eigenvalue weighted by Gasteiger charge is 2.19. The van der Waals surface area contributed by atoms with Crippen molar-refractivity contribution >= 4 is 29.0 Å². The van der Waals surface area contributed by atoms with Gasteiger partial charge in [-0.05, 0) is 19.2 Å². The summed E-state index contributed by atoms with van der Waals surface area (Å²) in [4.78, 5) is 2.85. The monoisotopic (exact) mass is 190 g/mol. The predicted octanol–water partition coefficient (Wildman–Crippen LogP) is 0.710. The number of hydrogen-bond acceptors (Lipinski definition) is 3. The van der Waals surface area contributed by atoms with Crippen LogP contribution in [-0.4, -0.2) is 41.0 Å². The summed E-state index contributed by atoms with van der Waals surface area (Å²) in [6, 6.07) is 0.696. The first-order valence-electron chi connectivity index (χ1n) is 3.76. The van der Waals surface area contributed by atoms with Gasteiger partial charge in [0.25, 0.3) is 0 Å². The molecule has 0 bridgehead atoms. The second kappa shape index (κ2) is 4.28. The van der Waals surface area contributed by atoms with Gasteiger partial charge in [0.05, 0.1) is 4.99 Å². The molecule has 0 aliphatic carbocycles. The zero-order chi connectivity index (χ0) is 8.27. The van der Waals surface area contributed by atoms with Gasteiger partial charge in [0.15, 0.2) is 0 Å². The van der Waals surface area contributed by atoms with Gasteiger partial charge in [-0.1, -0.05) is 12.2 Å². The van der Waals surface area contributed by atoms with Gasteiger partial charge in [-0.15, -0.1) is 0 Å². The summed E-state index contributed by atoms with van der Waals surface area (Å²) in [6.45, 7) is 0.764. The van der Waals surface area contributed by atoms with Gasteiger partial charge in [0.2, 0.25) is 0 Å². The molecule has 1 aliphatic rings. The van der Waals surface area contributed by atoms with Gasteiger partial charge in [-0.25, -0.2) is 0 Å². The maximum atomic E-state index is 5.44. The van der Waals surface area contributed by atoms with Gasteiger partial charge < -0.3 is 5.73 Å². The SMILES string of the molecule is CN(CC(N)=S)C1CCSC1. The minimum Gasteiger partial charge on any atom is -0.392 e. The normalized spacial score (nSPS) is 24.4. The molecule has 0 aromatic heterocycles. The van der Waals surface area contributed by atoms with Crippen molar-refractivity contribution in [1.82, 2.24) is 4.90 Å². The van der Waals surface area contributed by atoms with Crippen LogP contribution in [0.1, 0.15) is 6.42 Å². The first-order valence-corrected chi connectivity index (χ1v) is 5.32. The van der Waals surface area contributed by atoms with Crippen molar-refractivity contribution in [3.05, 3.63) is 0 Å². The Morgan fingerprint density at radius 1 is 1.82 bits per heavy atom. The second-order valence-electron chi connectivity index (χ2n) is 2.90. The Hall–Kier alpha value is 0.200. The predicted molar refractivity (Wildman–Crippen MR) is 55.1 cm³/mol. The van der Waals surface area contributed by atoms with Crippen LogP contribution in [0.3, 0.4) is 0 Å². The highest BCUT2D eigenvalue weighted by atomic mass is 32.2. The molecule has 0 radical (unpaired) electrons. The van der Waals surface area contributed by atoms with E-state index in [0.29, 0.717) is 11.0 Å². The fourth-order valence-corrected chi connectivity index (χ4v) is 2.75. The standard InChI is InChI=1S/C7H14N2S2/c1-9(4-7(8)10)6-2-3-11-5-6/h6H,2-5H2,1H3,(H2,8,10). The quantitative estimate of drug-likeness (QED) is 0.664. The Morgan fingerprint density at radius 3 is 3.00 bits per heavy atom. The van der Waals surface area contributed by atoms with Crippen molar-refractivity contribution < 1.29 is 0 Å². The zero-order valence-corrected chi connectivity index (χ0v) is 8.38. The zero-order valence-electron chi connectivity index (χ0n) is 6.75. The maximum Gasteiger partial charge on any atom is 0.0870 e. The minimum atomic E-state index is 0.601. The number of thiocarbonyl (C=S) groups is 1. The van der Waals surface area contributed by atoms with Crippen LogP contribution in [0.4, 0.5) is 0 Å². The van der Waals surface area contributed by atoms with E-state index >= 15 is 0 Å². The van der Waals surface area contributed by atoms with Crippen LogP contribution in [0.25, 0.3) is 0 Å². The number of hydrogen-bond donors (Lipinski definition) is 1. The van der Waals surface area contributed by atoms with Gasteiger partial charge in [-0.2, -0.15) is 11.8 Å². The lowest BCUT2D eigenvalue weighted by atomic mass is 10.2. The van der Waals surface area contributed by atoms with E-state index in [1.54, 1.807) is 0 Å². The van der Waals surface area contributed by atoms with E-state index in [2.05, 4.69) is 11.9 Å². The van der Waals surface area contributed by atoms with Gasteiger partial charge in [0.1, 0.15) is 0 Å². The fraction of sp³-hybridized carbons (Fsp3) is 0.857. The molecule has 2 nitrogen and oxygen atoms in total. The summed E-state index contributed by atoms with van der Waals surface area (Å²) < 4.78 is 0. The number of nitrogens with two attached hydrogens (primary N) is 1. The third-order valence-corrected chi connectivity index (χ3v) is 3.21. The molecule has 1 unspecified atom stereocenters. The smallest absolute Gasteiger partial charge is 0.0870 e. The van der Waals surface area contributed by atoms with Crippen molar-refractivity contribution in [1.29, 1.82) is 0 Å². The molecule has 4 heteroatoms. The van der Waals surface area contributed by atoms with Crippen LogP contribution in [-0.2, 0) is 0 Å². The van der Waals surface area contributed by atoms with Crippen LogP contribution in [0.5, 0.6) is 0 Å². The molecule has 0 aromatic rings. The third-order valence-electron chi connectivity index (χ3n) is 1.93. The van der Waals surface area contributed by atoms with Crippen molar-refractivity contribution in [3.63, 3.8) is 0 Å². The van der Waals surface area contributed by atoms with Crippen molar-refractivity contribution in [3.8, 4) is 0 Å². The molecule has 0 saturated carbocycles. The Bertz CT molecular complexity index is 143. The van der Waals surface area contributed by atoms with Crippen molar-refractivity contribution in [2.24, 2.45) is 5.73 Å². The summed E-state index contributed by atoms with van der Waals surface area (Å²) >= 11 is 6.85. The molecular formula is C7H14N2S2. The Kier molecular flexibility index (Phi) is 3.62. The van der Waals surface area contributed by atoms with Gasteiger partial charge >= 0.3 is 0 Å². The largest absolute Gasteiger partial charge is 0.392 e. The topological polar surface area (TPSA) is 29.3 Å². The second-order valence-corrected chi connectivity index (χ2v) is 4.57. The van der Waals surface area contributed by atoms with Gasteiger partial charge in [0, 0.05) is 18.3 Å². The van der Waals surface area contributed by atoms with Crippen molar-refractivity contribution in [2.45, 2.75) is 12.5 Å². The Labute approximate surface area is 77.5 Å². The molecule has 0 aromatic carbocycles. The van der Waals surface area contributed by atoms with E-state index in [0.717, 1.165) is 6.54 Å². The summed E-state index contributed by atoms with van der Waals surface area (Å²) in [5, 5.41) is 0. The van der Waals surface area contributed by atoms with E-state index in [1.807, 2.05) is 11.8 Å². The summed E-state index contributed by atoms with van der Waals surface area (Å²) in [5.41, 5.74) is 5.44. The number of rotatable bonds is 3. The van der Waals surface area contributed by atoms with E-state index in [-0.39, 0.29) is 0 Å². The molecule has 2 N–H and O–H groups in total. The van der Waals surface area contributed by atoms with Crippen LogP contribution in [0, 0.1) is 0 Å². The molecule has 0 spiro atoms. The molecule has 1 atom stereocenters. The molecular weight excluding hydrogens is 176 g/mol. The number of nitrogens with zero attached hydrogens (tertiary/aromatic N) is 1. The third kappa shape index (κ3) is 2.97. The highest BCUT2D eigenvalue weighted by molar-refractivity contribution is 7.99. The maximum absolute atomic E-state index is 5.44. The highest BCUT2D eigenvalue weighted by Crippen LogP contribution is 2.20. The Morgan fingerprint density at radius 2 is 2.55 bits per heavy atom. The van der Waals surface area contributed by atoms with E-state index < -0.39 is 0 Å². The lowest BCUT2D eigenvalue weighted by Gasteiger charge is -2.22. The molecule has 1 rings (SSSR count). The molecule has 0 amide bonds. The molecule has 1 aliphatic heterocycles. The average molecular weight is 190 g/mol. The minimum absolute atomic E-state index is 0.601. The fourth-order valence-electron chi connectivity index (χ4n) is 1.24. The van der Waals surface area contributed by atoms with Crippen LogP contribution in [0.2, 0.25) is 0 Å². The first kappa shape index (κ1) is 9.29.